The van der Waals surface area contributed by atoms with E-state index in [1.165, 1.54) is 17.8 Å². The number of hydrogen-bond donors (Lipinski definition) is 1. The van der Waals surface area contributed by atoms with Crippen molar-refractivity contribution in [2.24, 2.45) is 0 Å². The van der Waals surface area contributed by atoms with Gasteiger partial charge in [0.1, 0.15) is 10.7 Å². The Hall–Kier alpha value is -2.26. The van der Waals surface area contributed by atoms with Gasteiger partial charge in [-0.25, -0.2) is 4.98 Å². The number of aromatic nitrogens is 2. The summed E-state index contributed by atoms with van der Waals surface area (Å²) in [5.41, 5.74) is 0.856. The van der Waals surface area contributed by atoms with Gasteiger partial charge in [-0.05, 0) is 38.7 Å². The number of likely N-dealkylation sites (tertiary alicyclic amines) is 1. The Bertz CT molecular complexity index is 1020. The van der Waals surface area contributed by atoms with Crippen LogP contribution in [0.5, 0.6) is 0 Å². The van der Waals surface area contributed by atoms with E-state index in [1.807, 2.05) is 23.6 Å². The van der Waals surface area contributed by atoms with Crippen molar-refractivity contribution in [1.29, 1.82) is 0 Å². The van der Waals surface area contributed by atoms with Gasteiger partial charge in [0.05, 0.1) is 11.9 Å². The second-order valence-electron chi connectivity index (χ2n) is 8.57. The summed E-state index contributed by atoms with van der Waals surface area (Å²) in [6.45, 7) is 8.86. The lowest BCUT2D eigenvalue weighted by Crippen LogP contribution is -2.52. The molecule has 9 heteroatoms. The number of carbonyl (C=O) groups is 2. The van der Waals surface area contributed by atoms with Crippen LogP contribution in [0.2, 0.25) is 0 Å². The van der Waals surface area contributed by atoms with Gasteiger partial charge in [-0.3, -0.25) is 19.3 Å². The summed E-state index contributed by atoms with van der Waals surface area (Å²) in [7, 11) is 0. The molecule has 0 unspecified atom stereocenters. The fourth-order valence-electron chi connectivity index (χ4n) is 4.39. The van der Waals surface area contributed by atoms with Crippen molar-refractivity contribution in [3.8, 4) is 0 Å². The van der Waals surface area contributed by atoms with Crippen LogP contribution in [0.25, 0.3) is 10.2 Å². The molecule has 2 aromatic rings. The second-order valence-corrected chi connectivity index (χ2v) is 9.78. The van der Waals surface area contributed by atoms with Crippen LogP contribution >= 0.6 is 11.3 Å². The second kappa shape index (κ2) is 9.48. The lowest BCUT2D eigenvalue weighted by Gasteiger charge is -2.36. The van der Waals surface area contributed by atoms with E-state index < -0.39 is 0 Å². The summed E-state index contributed by atoms with van der Waals surface area (Å²) >= 11 is 1.52. The van der Waals surface area contributed by atoms with E-state index in [9.17, 15) is 14.4 Å². The van der Waals surface area contributed by atoms with E-state index in [4.69, 9.17) is 0 Å². The number of rotatable bonds is 5. The number of nitrogens with zero attached hydrogens (tertiary/aromatic N) is 4. The summed E-state index contributed by atoms with van der Waals surface area (Å²) in [5, 5.41) is 0.660. The third kappa shape index (κ3) is 4.98. The van der Waals surface area contributed by atoms with Gasteiger partial charge in [-0.1, -0.05) is 0 Å². The van der Waals surface area contributed by atoms with Crippen molar-refractivity contribution < 1.29 is 9.59 Å². The van der Waals surface area contributed by atoms with Gasteiger partial charge in [0.25, 0.3) is 5.56 Å². The predicted octanol–water partition coefficient (Wildman–Crippen LogP) is 1.69. The topological polar surface area (TPSA) is 89.6 Å². The standard InChI is InChI=1S/C22H31N5O3S/c1-15-16(2)31-22-20(15)21(30)23-17(24-22)6-7-18(28)27-12-10-25(11-13-27)14-19(29)26-8-4-3-5-9-26/h3-14H2,1-2H3,(H,23,24,30). The fourth-order valence-corrected chi connectivity index (χ4v) is 5.44. The maximum Gasteiger partial charge on any atom is 0.259 e. The average Bonchev–Trinajstić information content (AvgIpc) is 3.07. The number of hydrogen-bond acceptors (Lipinski definition) is 6. The van der Waals surface area contributed by atoms with Crippen molar-refractivity contribution in [3.05, 3.63) is 26.6 Å². The van der Waals surface area contributed by atoms with E-state index >= 15 is 0 Å². The number of piperazine rings is 1. The van der Waals surface area contributed by atoms with Crippen LogP contribution in [0.3, 0.4) is 0 Å². The van der Waals surface area contributed by atoms with E-state index in [2.05, 4.69) is 14.9 Å². The first kappa shape index (κ1) is 22.0. The highest BCUT2D eigenvalue weighted by Crippen LogP contribution is 2.25. The Balaban J connectivity index is 1.26. The first-order valence-corrected chi connectivity index (χ1v) is 12.0. The molecule has 2 aliphatic rings. The minimum Gasteiger partial charge on any atom is -0.342 e. The van der Waals surface area contributed by atoms with Gasteiger partial charge in [0.15, 0.2) is 0 Å². The molecule has 168 valence electrons. The average molecular weight is 446 g/mol. The number of thiophene rings is 1. The quantitative estimate of drug-likeness (QED) is 0.757. The molecule has 0 bridgehead atoms. The highest BCUT2D eigenvalue weighted by atomic mass is 32.1. The number of aromatic amines is 1. The number of carbonyl (C=O) groups excluding carboxylic acids is 2. The summed E-state index contributed by atoms with van der Waals surface area (Å²) in [5.74, 6) is 0.852. The monoisotopic (exact) mass is 445 g/mol. The molecule has 0 spiro atoms. The molecule has 4 rings (SSSR count). The Morgan fingerprint density at radius 3 is 2.35 bits per heavy atom. The van der Waals surface area contributed by atoms with Crippen LogP contribution in [0, 0.1) is 13.8 Å². The van der Waals surface area contributed by atoms with E-state index in [0.29, 0.717) is 43.7 Å². The van der Waals surface area contributed by atoms with Crippen LogP contribution in [0.4, 0.5) is 0 Å². The van der Waals surface area contributed by atoms with Gasteiger partial charge in [-0.2, -0.15) is 0 Å². The Labute approximate surface area is 186 Å². The molecule has 2 amide bonds. The van der Waals surface area contributed by atoms with Crippen LogP contribution in [-0.4, -0.2) is 82.3 Å². The van der Waals surface area contributed by atoms with Crippen molar-refractivity contribution >= 4 is 33.4 Å². The minimum atomic E-state index is -0.124. The molecule has 2 saturated heterocycles. The third-order valence-electron chi connectivity index (χ3n) is 6.46. The molecule has 2 fully saturated rings. The Morgan fingerprint density at radius 2 is 1.65 bits per heavy atom. The molecule has 2 aromatic heterocycles. The molecular formula is C22H31N5O3S. The van der Waals surface area contributed by atoms with Crippen molar-refractivity contribution in [1.82, 2.24) is 24.7 Å². The maximum atomic E-state index is 12.7. The van der Waals surface area contributed by atoms with E-state index in [-0.39, 0.29) is 17.4 Å². The van der Waals surface area contributed by atoms with Gasteiger partial charge >= 0.3 is 0 Å². The minimum absolute atomic E-state index is 0.0725. The number of nitrogens with one attached hydrogen (secondary N) is 1. The highest BCUT2D eigenvalue weighted by molar-refractivity contribution is 7.18. The lowest BCUT2D eigenvalue weighted by atomic mass is 10.1. The van der Waals surface area contributed by atoms with Crippen molar-refractivity contribution in [2.75, 3.05) is 45.8 Å². The van der Waals surface area contributed by atoms with E-state index in [1.54, 1.807) is 0 Å². The third-order valence-corrected chi connectivity index (χ3v) is 7.56. The number of fused-ring (bicyclic) bond motifs is 1. The number of piperidine rings is 1. The first-order valence-electron chi connectivity index (χ1n) is 11.2. The summed E-state index contributed by atoms with van der Waals surface area (Å²) < 4.78 is 0. The van der Waals surface area contributed by atoms with Crippen LogP contribution < -0.4 is 5.56 Å². The zero-order valence-corrected chi connectivity index (χ0v) is 19.2. The Morgan fingerprint density at radius 1 is 0.968 bits per heavy atom. The SMILES string of the molecule is Cc1sc2nc(CCC(=O)N3CCN(CC(=O)N4CCCCC4)CC3)[nH]c(=O)c2c1C. The van der Waals surface area contributed by atoms with Crippen molar-refractivity contribution in [3.63, 3.8) is 0 Å². The van der Waals surface area contributed by atoms with Crippen LogP contribution in [0.1, 0.15) is 41.9 Å². The van der Waals surface area contributed by atoms with Gasteiger partial charge < -0.3 is 14.8 Å². The zero-order chi connectivity index (χ0) is 22.0. The van der Waals surface area contributed by atoms with E-state index in [0.717, 1.165) is 54.3 Å². The molecule has 4 heterocycles. The molecule has 1 N–H and O–H groups in total. The lowest BCUT2D eigenvalue weighted by molar-refractivity contribution is -0.135. The summed E-state index contributed by atoms with van der Waals surface area (Å²) in [6, 6.07) is 0. The summed E-state index contributed by atoms with van der Waals surface area (Å²) in [6.07, 6.45) is 4.17. The van der Waals surface area contributed by atoms with Gasteiger partial charge in [0.2, 0.25) is 11.8 Å². The number of aryl methyl sites for hydroxylation is 3. The molecule has 0 atom stereocenters. The van der Waals surface area contributed by atoms with Gasteiger partial charge in [-0.15, -0.1) is 11.3 Å². The smallest absolute Gasteiger partial charge is 0.259 e. The largest absolute Gasteiger partial charge is 0.342 e. The molecule has 0 aliphatic carbocycles. The van der Waals surface area contributed by atoms with Gasteiger partial charge in [0, 0.05) is 57.0 Å². The molecular weight excluding hydrogens is 414 g/mol. The molecule has 8 nitrogen and oxygen atoms in total. The molecule has 0 radical (unpaired) electrons. The predicted molar refractivity (Wildman–Crippen MR) is 121 cm³/mol. The van der Waals surface area contributed by atoms with Crippen molar-refractivity contribution in [2.45, 2.75) is 46.0 Å². The number of amides is 2. The molecule has 31 heavy (non-hydrogen) atoms. The molecule has 0 aromatic carbocycles. The molecule has 2 aliphatic heterocycles. The maximum absolute atomic E-state index is 12.7. The highest BCUT2D eigenvalue weighted by Gasteiger charge is 2.25. The zero-order valence-electron chi connectivity index (χ0n) is 18.4. The normalized spacial score (nSPS) is 18.0. The van der Waals surface area contributed by atoms with Crippen LogP contribution in [0.15, 0.2) is 4.79 Å². The first-order chi connectivity index (χ1) is 14.9. The van der Waals surface area contributed by atoms with Crippen LogP contribution in [-0.2, 0) is 16.0 Å². The Kier molecular flexibility index (Phi) is 6.71. The molecule has 0 saturated carbocycles. The fraction of sp³-hybridized carbons (Fsp3) is 0.636. The summed E-state index contributed by atoms with van der Waals surface area (Å²) in [4.78, 5) is 52.7. The number of H-pyrrole nitrogens is 1.